The molecule has 0 aromatic carbocycles. The molecule has 2 nitrogen and oxygen atoms in total. The molecule has 3 heteroatoms. The topological polar surface area (TPSA) is 40.5 Å². The molecule has 0 rings (SSSR count). The third kappa shape index (κ3) is 2.77. The highest BCUT2D eigenvalue weighted by molar-refractivity contribution is 7.80. The monoisotopic (exact) mass is 148 g/mol. The van der Waals surface area contributed by atoms with E-state index in [0.717, 1.165) is 6.42 Å². The minimum atomic E-state index is -0.829. The van der Waals surface area contributed by atoms with E-state index in [1.165, 1.54) is 0 Å². The Morgan fingerprint density at radius 1 is 1.67 bits per heavy atom. The third-order valence-electron chi connectivity index (χ3n) is 1.44. The van der Waals surface area contributed by atoms with Crippen LogP contribution in [0, 0.1) is 5.92 Å². The zero-order valence-corrected chi connectivity index (χ0v) is 6.48. The summed E-state index contributed by atoms with van der Waals surface area (Å²) in [6, 6.07) is 0. The molecule has 0 aromatic heterocycles. The maximum absolute atomic E-state index is 9.00. The first-order valence-corrected chi connectivity index (χ1v) is 3.41. The molecule has 2 atom stereocenters. The predicted octanol–water partition coefficient (Wildman–Crippen LogP) is 1.28. The summed E-state index contributed by atoms with van der Waals surface area (Å²) in [6.07, 6.45) is -0.00741. The van der Waals surface area contributed by atoms with Gasteiger partial charge in [-0.3, -0.25) is 0 Å². The second kappa shape index (κ2) is 3.80. The molecule has 0 aromatic rings. The standard InChI is InChI=1S/C6H12O2S/c1-3-4(2)5(7)6(8)9/h4-5,7H,3H2,1-2H3,(H,8,9). The van der Waals surface area contributed by atoms with Gasteiger partial charge in [0, 0.05) is 0 Å². The molecule has 0 amide bonds. The van der Waals surface area contributed by atoms with E-state index in [2.05, 4.69) is 12.2 Å². The van der Waals surface area contributed by atoms with Crippen LogP contribution in [-0.4, -0.2) is 21.4 Å². The van der Waals surface area contributed by atoms with Crippen molar-refractivity contribution in [1.29, 1.82) is 0 Å². The van der Waals surface area contributed by atoms with Gasteiger partial charge < -0.3 is 10.2 Å². The van der Waals surface area contributed by atoms with Gasteiger partial charge in [-0.2, -0.15) is 0 Å². The molecule has 0 aliphatic rings. The van der Waals surface area contributed by atoms with Crippen molar-refractivity contribution in [3.63, 3.8) is 0 Å². The van der Waals surface area contributed by atoms with Crippen molar-refractivity contribution in [2.75, 3.05) is 0 Å². The summed E-state index contributed by atoms with van der Waals surface area (Å²) < 4.78 is 0. The Bertz CT molecular complexity index is 103. The molecule has 0 saturated carbocycles. The highest BCUT2D eigenvalue weighted by atomic mass is 32.1. The first-order chi connectivity index (χ1) is 4.09. The normalized spacial score (nSPS) is 16.8. The van der Waals surface area contributed by atoms with E-state index in [9.17, 15) is 0 Å². The van der Waals surface area contributed by atoms with Gasteiger partial charge in [0.2, 0.25) is 0 Å². The minimum Gasteiger partial charge on any atom is -0.500 e. The fourth-order valence-corrected chi connectivity index (χ4v) is 0.699. The average molecular weight is 148 g/mol. The van der Waals surface area contributed by atoms with E-state index in [0.29, 0.717) is 0 Å². The lowest BCUT2D eigenvalue weighted by Crippen LogP contribution is -2.25. The van der Waals surface area contributed by atoms with Gasteiger partial charge in [0.1, 0.15) is 6.10 Å². The molecule has 0 radical (unpaired) electrons. The smallest absolute Gasteiger partial charge is 0.186 e. The first kappa shape index (κ1) is 8.85. The van der Waals surface area contributed by atoms with Crippen LogP contribution in [0.1, 0.15) is 20.3 Å². The fraction of sp³-hybridized carbons (Fsp3) is 0.833. The van der Waals surface area contributed by atoms with Crippen LogP contribution in [0.25, 0.3) is 0 Å². The molecule has 0 aliphatic carbocycles. The Labute approximate surface area is 60.5 Å². The van der Waals surface area contributed by atoms with Gasteiger partial charge >= 0.3 is 0 Å². The summed E-state index contributed by atoms with van der Waals surface area (Å²) in [5.74, 6) is 0.0579. The highest BCUT2D eigenvalue weighted by Crippen LogP contribution is 2.07. The van der Waals surface area contributed by atoms with Gasteiger partial charge in [0.05, 0.1) is 0 Å². The van der Waals surface area contributed by atoms with Crippen molar-refractivity contribution >= 4 is 17.3 Å². The van der Waals surface area contributed by atoms with Crippen LogP contribution in [0.3, 0.4) is 0 Å². The quantitative estimate of drug-likeness (QED) is 0.592. The molecule has 0 saturated heterocycles. The summed E-state index contributed by atoms with van der Waals surface area (Å²) >= 11 is 4.37. The summed E-state index contributed by atoms with van der Waals surface area (Å²) in [6.45, 7) is 3.78. The van der Waals surface area contributed by atoms with Gasteiger partial charge in [-0.1, -0.05) is 20.3 Å². The van der Waals surface area contributed by atoms with E-state index < -0.39 is 6.10 Å². The van der Waals surface area contributed by atoms with Crippen molar-refractivity contribution in [2.45, 2.75) is 26.4 Å². The van der Waals surface area contributed by atoms with Crippen LogP contribution in [0.4, 0.5) is 0 Å². The Balaban J connectivity index is 3.72. The Morgan fingerprint density at radius 2 is 2.11 bits per heavy atom. The van der Waals surface area contributed by atoms with Crippen LogP contribution in [-0.2, 0) is 0 Å². The van der Waals surface area contributed by atoms with Crippen molar-refractivity contribution in [1.82, 2.24) is 0 Å². The van der Waals surface area contributed by atoms with Crippen LogP contribution in [0.5, 0.6) is 0 Å². The Hall–Kier alpha value is -0.150. The molecule has 2 unspecified atom stereocenters. The second-order valence-electron chi connectivity index (χ2n) is 2.17. The van der Waals surface area contributed by atoms with Crippen LogP contribution >= 0.6 is 12.2 Å². The van der Waals surface area contributed by atoms with E-state index in [1.54, 1.807) is 0 Å². The van der Waals surface area contributed by atoms with Gasteiger partial charge in [-0.05, 0) is 18.1 Å². The van der Waals surface area contributed by atoms with Crippen LogP contribution in [0.2, 0.25) is 0 Å². The molecule has 9 heavy (non-hydrogen) atoms. The molecule has 0 heterocycles. The first-order valence-electron chi connectivity index (χ1n) is 3.00. The van der Waals surface area contributed by atoms with Crippen molar-refractivity contribution in [3.8, 4) is 0 Å². The molecule has 2 N–H and O–H groups in total. The van der Waals surface area contributed by atoms with E-state index >= 15 is 0 Å². The van der Waals surface area contributed by atoms with Gasteiger partial charge in [0.15, 0.2) is 5.05 Å². The molecule has 0 aliphatic heterocycles. The van der Waals surface area contributed by atoms with Crippen molar-refractivity contribution in [3.05, 3.63) is 0 Å². The Kier molecular flexibility index (Phi) is 3.73. The lowest BCUT2D eigenvalue weighted by Gasteiger charge is -2.13. The third-order valence-corrected chi connectivity index (χ3v) is 1.68. The highest BCUT2D eigenvalue weighted by Gasteiger charge is 2.15. The molecule has 0 fully saturated rings. The van der Waals surface area contributed by atoms with Gasteiger partial charge in [-0.25, -0.2) is 0 Å². The molecule has 54 valence electrons. The number of aliphatic hydroxyl groups is 2. The zero-order chi connectivity index (χ0) is 7.44. The number of aliphatic hydroxyl groups excluding tert-OH is 2. The molecular weight excluding hydrogens is 136 g/mol. The maximum Gasteiger partial charge on any atom is 0.186 e. The van der Waals surface area contributed by atoms with Crippen molar-refractivity contribution < 1.29 is 10.2 Å². The number of rotatable bonds is 3. The largest absolute Gasteiger partial charge is 0.500 e. The molecular formula is C6H12O2S. The lowest BCUT2D eigenvalue weighted by atomic mass is 10.0. The summed E-state index contributed by atoms with van der Waals surface area (Å²) in [5.41, 5.74) is 0. The lowest BCUT2D eigenvalue weighted by molar-refractivity contribution is 0.161. The van der Waals surface area contributed by atoms with Gasteiger partial charge in [-0.15, -0.1) is 0 Å². The zero-order valence-electron chi connectivity index (χ0n) is 5.66. The molecule has 0 bridgehead atoms. The number of hydrogen-bond donors (Lipinski definition) is 2. The molecule has 0 spiro atoms. The van der Waals surface area contributed by atoms with Gasteiger partial charge in [0.25, 0.3) is 0 Å². The summed E-state index contributed by atoms with van der Waals surface area (Å²) in [5, 5.41) is 17.3. The second-order valence-corrected chi connectivity index (χ2v) is 2.59. The fourth-order valence-electron chi connectivity index (χ4n) is 0.467. The van der Waals surface area contributed by atoms with E-state index in [1.807, 2.05) is 13.8 Å². The van der Waals surface area contributed by atoms with E-state index in [-0.39, 0.29) is 11.0 Å². The van der Waals surface area contributed by atoms with Crippen molar-refractivity contribution in [2.24, 2.45) is 5.92 Å². The summed E-state index contributed by atoms with van der Waals surface area (Å²) in [4.78, 5) is 0. The number of hydrogen-bond acceptors (Lipinski definition) is 2. The predicted molar refractivity (Wildman–Crippen MR) is 40.7 cm³/mol. The number of thiocarbonyl (C=S) groups is 1. The average Bonchev–Trinajstić information content (AvgIpc) is 1.84. The van der Waals surface area contributed by atoms with Crippen LogP contribution < -0.4 is 0 Å². The van der Waals surface area contributed by atoms with E-state index in [4.69, 9.17) is 10.2 Å². The maximum atomic E-state index is 9.00. The summed E-state index contributed by atoms with van der Waals surface area (Å²) in [7, 11) is 0. The minimum absolute atomic E-state index is 0.0579. The van der Waals surface area contributed by atoms with Crippen LogP contribution in [0.15, 0.2) is 0 Å². The Morgan fingerprint density at radius 3 is 2.22 bits per heavy atom. The SMILES string of the molecule is CCC(C)C(O)C(O)=S.